The Hall–Kier alpha value is -2.77. The van der Waals surface area contributed by atoms with E-state index >= 15 is 0 Å². The third-order valence-electron chi connectivity index (χ3n) is 4.53. The number of hydrogen-bond donors (Lipinski definition) is 1. The van der Waals surface area contributed by atoms with Gasteiger partial charge in [-0.05, 0) is 50.5 Å². The molecule has 0 aliphatic carbocycles. The number of H-pyrrole nitrogens is 1. The van der Waals surface area contributed by atoms with Crippen molar-refractivity contribution in [1.82, 2.24) is 25.5 Å². The SMILES string of the molecule is C[C@@H]1CCC[C@@H](C)N1C(=O)COC(=O)c1ccc(-c2nn[nH]n2)cc1. The number of ether oxygens (including phenoxy) is 1. The number of amides is 1. The number of nitrogens with zero attached hydrogens (tertiary/aromatic N) is 4. The van der Waals surface area contributed by atoms with Gasteiger partial charge in [-0.3, -0.25) is 4.79 Å². The molecule has 0 bridgehead atoms. The van der Waals surface area contributed by atoms with Gasteiger partial charge in [-0.2, -0.15) is 5.21 Å². The Morgan fingerprint density at radius 1 is 1.20 bits per heavy atom. The van der Waals surface area contributed by atoms with E-state index in [1.54, 1.807) is 24.3 Å². The van der Waals surface area contributed by atoms with Crippen LogP contribution in [0.3, 0.4) is 0 Å². The second-order valence-electron chi connectivity index (χ2n) is 6.32. The molecule has 132 valence electrons. The number of aromatic nitrogens is 4. The van der Waals surface area contributed by atoms with Crippen LogP contribution in [0.2, 0.25) is 0 Å². The Balaban J connectivity index is 1.58. The first-order chi connectivity index (χ1) is 12.1. The standard InChI is InChI=1S/C17H21N5O3/c1-11-4-3-5-12(2)22(11)15(23)10-25-17(24)14-8-6-13(7-9-14)16-18-20-21-19-16/h6-9,11-12H,3-5,10H2,1-2H3,(H,18,19,20,21)/t11-,12-/m1/s1. The Bertz CT molecular complexity index is 719. The average molecular weight is 343 g/mol. The molecule has 8 heteroatoms. The van der Waals surface area contributed by atoms with Crippen molar-refractivity contribution >= 4 is 11.9 Å². The minimum absolute atomic E-state index is 0.142. The fourth-order valence-corrected chi connectivity index (χ4v) is 3.24. The second-order valence-corrected chi connectivity index (χ2v) is 6.32. The number of aromatic amines is 1. The molecule has 1 aliphatic heterocycles. The minimum atomic E-state index is -0.523. The number of nitrogens with one attached hydrogen (secondary N) is 1. The van der Waals surface area contributed by atoms with Crippen molar-refractivity contribution in [3.05, 3.63) is 29.8 Å². The largest absolute Gasteiger partial charge is 0.452 e. The lowest BCUT2D eigenvalue weighted by Crippen LogP contribution is -2.49. The predicted molar refractivity (Wildman–Crippen MR) is 89.5 cm³/mol. The highest BCUT2D eigenvalue weighted by atomic mass is 16.5. The first-order valence-electron chi connectivity index (χ1n) is 8.38. The Morgan fingerprint density at radius 2 is 1.88 bits per heavy atom. The van der Waals surface area contributed by atoms with Crippen molar-refractivity contribution in [1.29, 1.82) is 0 Å². The second kappa shape index (κ2) is 7.42. The summed E-state index contributed by atoms with van der Waals surface area (Å²) in [6, 6.07) is 7.01. The smallest absolute Gasteiger partial charge is 0.338 e. The molecule has 25 heavy (non-hydrogen) atoms. The van der Waals surface area contributed by atoms with Crippen LogP contribution in [0.1, 0.15) is 43.5 Å². The minimum Gasteiger partial charge on any atom is -0.452 e. The lowest BCUT2D eigenvalue weighted by molar-refractivity contribution is -0.140. The number of piperidine rings is 1. The molecule has 2 atom stereocenters. The molecule has 0 radical (unpaired) electrons. The van der Waals surface area contributed by atoms with Crippen molar-refractivity contribution in [2.75, 3.05) is 6.61 Å². The van der Waals surface area contributed by atoms with Crippen LogP contribution in [0.4, 0.5) is 0 Å². The summed E-state index contributed by atoms with van der Waals surface area (Å²) in [6.07, 6.45) is 3.10. The summed E-state index contributed by atoms with van der Waals surface area (Å²) in [5.41, 5.74) is 1.11. The zero-order chi connectivity index (χ0) is 17.8. The fraction of sp³-hybridized carbons (Fsp3) is 0.471. The van der Waals surface area contributed by atoms with Crippen LogP contribution >= 0.6 is 0 Å². The molecule has 8 nitrogen and oxygen atoms in total. The van der Waals surface area contributed by atoms with E-state index in [9.17, 15) is 9.59 Å². The van der Waals surface area contributed by atoms with E-state index in [0.29, 0.717) is 11.4 Å². The third kappa shape index (κ3) is 3.84. The number of tetrazole rings is 1. The molecular weight excluding hydrogens is 322 g/mol. The number of rotatable bonds is 4. The van der Waals surface area contributed by atoms with Crippen LogP contribution in [0, 0.1) is 0 Å². The molecule has 1 amide bonds. The Morgan fingerprint density at radius 3 is 2.48 bits per heavy atom. The van der Waals surface area contributed by atoms with E-state index in [4.69, 9.17) is 4.74 Å². The maximum absolute atomic E-state index is 12.4. The molecule has 2 aromatic rings. The Kier molecular flexibility index (Phi) is 5.06. The summed E-state index contributed by atoms with van der Waals surface area (Å²) < 4.78 is 5.19. The molecule has 1 saturated heterocycles. The van der Waals surface area contributed by atoms with Gasteiger partial charge in [0.1, 0.15) is 0 Å². The number of likely N-dealkylation sites (tertiary alicyclic amines) is 1. The van der Waals surface area contributed by atoms with Crippen LogP contribution < -0.4 is 0 Å². The average Bonchev–Trinajstić information content (AvgIpc) is 3.14. The monoisotopic (exact) mass is 343 g/mol. The van der Waals surface area contributed by atoms with Crippen LogP contribution in [0.15, 0.2) is 24.3 Å². The maximum atomic E-state index is 12.4. The van der Waals surface area contributed by atoms with E-state index in [-0.39, 0.29) is 24.6 Å². The van der Waals surface area contributed by atoms with Gasteiger partial charge in [0.25, 0.3) is 5.91 Å². The van der Waals surface area contributed by atoms with E-state index in [1.165, 1.54) is 0 Å². The highest BCUT2D eigenvalue weighted by molar-refractivity contribution is 5.91. The highest BCUT2D eigenvalue weighted by Gasteiger charge is 2.29. The van der Waals surface area contributed by atoms with Gasteiger partial charge in [0.2, 0.25) is 5.82 Å². The molecule has 0 unspecified atom stereocenters. The summed E-state index contributed by atoms with van der Waals surface area (Å²) in [6.45, 7) is 3.83. The maximum Gasteiger partial charge on any atom is 0.338 e. The molecule has 1 aromatic heterocycles. The van der Waals surface area contributed by atoms with Gasteiger partial charge in [0.15, 0.2) is 6.61 Å². The van der Waals surface area contributed by atoms with E-state index in [1.807, 2.05) is 18.7 Å². The number of carbonyl (C=O) groups excluding carboxylic acids is 2. The van der Waals surface area contributed by atoms with Gasteiger partial charge in [-0.25, -0.2) is 4.79 Å². The first-order valence-corrected chi connectivity index (χ1v) is 8.38. The van der Waals surface area contributed by atoms with Gasteiger partial charge in [-0.1, -0.05) is 12.1 Å². The van der Waals surface area contributed by atoms with Crippen LogP contribution in [0.25, 0.3) is 11.4 Å². The Labute approximate surface area is 145 Å². The molecule has 0 saturated carbocycles. The lowest BCUT2D eigenvalue weighted by atomic mass is 9.97. The van der Waals surface area contributed by atoms with Gasteiger partial charge in [0.05, 0.1) is 5.56 Å². The first kappa shape index (κ1) is 17.1. The van der Waals surface area contributed by atoms with Crippen LogP contribution in [-0.2, 0) is 9.53 Å². The van der Waals surface area contributed by atoms with E-state index in [2.05, 4.69) is 20.6 Å². The normalized spacial score (nSPS) is 20.3. The van der Waals surface area contributed by atoms with Crippen molar-refractivity contribution in [3.8, 4) is 11.4 Å². The van der Waals surface area contributed by atoms with Crippen LogP contribution in [0.5, 0.6) is 0 Å². The van der Waals surface area contributed by atoms with E-state index < -0.39 is 5.97 Å². The zero-order valence-electron chi connectivity index (χ0n) is 14.3. The van der Waals surface area contributed by atoms with Crippen molar-refractivity contribution in [2.45, 2.75) is 45.2 Å². The van der Waals surface area contributed by atoms with Crippen LogP contribution in [-0.4, -0.2) is 56.1 Å². The molecule has 1 N–H and O–H groups in total. The molecule has 1 aliphatic rings. The number of esters is 1. The molecule has 1 aromatic carbocycles. The van der Waals surface area contributed by atoms with E-state index in [0.717, 1.165) is 24.8 Å². The fourth-order valence-electron chi connectivity index (χ4n) is 3.24. The highest BCUT2D eigenvalue weighted by Crippen LogP contribution is 2.22. The molecular formula is C17H21N5O3. The van der Waals surface area contributed by atoms with Crippen molar-refractivity contribution in [2.24, 2.45) is 0 Å². The number of benzene rings is 1. The third-order valence-corrected chi connectivity index (χ3v) is 4.53. The molecule has 3 rings (SSSR count). The van der Waals surface area contributed by atoms with Crippen molar-refractivity contribution in [3.63, 3.8) is 0 Å². The number of hydrogen-bond acceptors (Lipinski definition) is 6. The van der Waals surface area contributed by atoms with Gasteiger partial charge in [0, 0.05) is 17.6 Å². The summed E-state index contributed by atoms with van der Waals surface area (Å²) in [7, 11) is 0. The summed E-state index contributed by atoms with van der Waals surface area (Å²) in [5.74, 6) is -0.218. The number of carbonyl (C=O) groups is 2. The quantitative estimate of drug-likeness (QED) is 0.850. The van der Waals surface area contributed by atoms with Gasteiger partial charge in [-0.15, -0.1) is 10.2 Å². The van der Waals surface area contributed by atoms with Gasteiger partial charge < -0.3 is 9.64 Å². The molecule has 2 heterocycles. The summed E-state index contributed by atoms with van der Waals surface area (Å²) >= 11 is 0. The predicted octanol–water partition coefficient (Wildman–Crippen LogP) is 1.81. The molecule has 0 spiro atoms. The lowest BCUT2D eigenvalue weighted by Gasteiger charge is -2.38. The van der Waals surface area contributed by atoms with Gasteiger partial charge >= 0.3 is 5.97 Å². The summed E-state index contributed by atoms with van der Waals surface area (Å²) in [4.78, 5) is 26.4. The zero-order valence-corrected chi connectivity index (χ0v) is 14.3. The summed E-state index contributed by atoms with van der Waals surface area (Å²) in [5, 5.41) is 13.6. The van der Waals surface area contributed by atoms with Crippen molar-refractivity contribution < 1.29 is 14.3 Å². The topological polar surface area (TPSA) is 101 Å². The molecule has 1 fully saturated rings.